The topological polar surface area (TPSA) is 25.4 Å². The summed E-state index contributed by atoms with van der Waals surface area (Å²) < 4.78 is 6.69. The minimum absolute atomic E-state index is 0.502. The Morgan fingerprint density at radius 3 is 2.65 bits per heavy atom. The van der Waals surface area contributed by atoms with Gasteiger partial charge in [0.2, 0.25) is 5.88 Å². The monoisotopic (exact) mass is 392 g/mol. The summed E-state index contributed by atoms with van der Waals surface area (Å²) in [4.78, 5) is 7.57. The van der Waals surface area contributed by atoms with E-state index in [0.29, 0.717) is 12.5 Å². The van der Waals surface area contributed by atoms with E-state index in [4.69, 9.17) is 17.0 Å². The lowest BCUT2D eigenvalue weighted by molar-refractivity contribution is 0.291. The first-order valence-electron chi connectivity index (χ1n) is 7.58. The van der Waals surface area contributed by atoms with Crippen molar-refractivity contribution in [1.29, 1.82) is 0 Å². The molecule has 0 saturated heterocycles. The zero-order chi connectivity index (χ0) is 16.8. The third-order valence-corrected chi connectivity index (χ3v) is 4.72. The molecule has 3 nitrogen and oxygen atoms in total. The molecule has 0 aliphatic rings. The van der Waals surface area contributed by atoms with Crippen LogP contribution in [0.4, 0.5) is 0 Å². The number of benzene rings is 1. The van der Waals surface area contributed by atoms with Gasteiger partial charge < -0.3 is 9.64 Å². The summed E-state index contributed by atoms with van der Waals surface area (Å²) in [6.45, 7) is 5.49. The lowest BCUT2D eigenvalue weighted by Gasteiger charge is -2.19. The average molecular weight is 393 g/mol. The van der Waals surface area contributed by atoms with Crippen molar-refractivity contribution in [3.8, 4) is 5.88 Å². The van der Waals surface area contributed by atoms with Gasteiger partial charge in [-0.2, -0.15) is 0 Å². The van der Waals surface area contributed by atoms with Crippen LogP contribution in [0.1, 0.15) is 23.7 Å². The molecule has 1 heterocycles. The largest absolute Gasteiger partial charge is 0.472 e. The van der Waals surface area contributed by atoms with Gasteiger partial charge in [0.15, 0.2) is 0 Å². The molecule has 0 N–H and O–H groups in total. The summed E-state index contributed by atoms with van der Waals surface area (Å²) in [5, 5.41) is 0. The highest BCUT2D eigenvalue weighted by molar-refractivity contribution is 9.10. The molecular weight excluding hydrogens is 372 g/mol. The van der Waals surface area contributed by atoms with E-state index < -0.39 is 0 Å². The fraction of sp³-hybridized carbons (Fsp3) is 0.333. The zero-order valence-corrected chi connectivity index (χ0v) is 16.1. The zero-order valence-electron chi connectivity index (χ0n) is 13.7. The maximum atomic E-state index is 5.83. The van der Waals surface area contributed by atoms with Gasteiger partial charge in [0, 0.05) is 25.7 Å². The molecule has 2 rings (SSSR count). The van der Waals surface area contributed by atoms with E-state index in [0.717, 1.165) is 39.2 Å². The van der Waals surface area contributed by atoms with E-state index in [9.17, 15) is 0 Å². The van der Waals surface area contributed by atoms with Gasteiger partial charge in [0.1, 0.15) is 6.61 Å². The summed E-state index contributed by atoms with van der Waals surface area (Å²) in [5.74, 6) is 0.616. The Hall–Kier alpha value is -1.46. The van der Waals surface area contributed by atoms with Crippen molar-refractivity contribution in [2.24, 2.45) is 0 Å². The molecule has 122 valence electrons. The molecule has 0 unspecified atom stereocenters. The summed E-state index contributed by atoms with van der Waals surface area (Å²) in [6, 6.07) is 12.1. The Bertz CT molecular complexity index is 676. The number of hydrogen-bond donors (Lipinski definition) is 0. The lowest BCUT2D eigenvalue weighted by Crippen LogP contribution is -2.26. The number of likely N-dealkylation sites (N-methyl/N-ethyl adjacent to an activating group) is 1. The molecule has 1 aromatic heterocycles. The predicted molar refractivity (Wildman–Crippen MR) is 102 cm³/mol. The second kappa shape index (κ2) is 8.41. The molecule has 0 bridgehead atoms. The Morgan fingerprint density at radius 1 is 1.30 bits per heavy atom. The summed E-state index contributed by atoms with van der Waals surface area (Å²) in [7, 11) is 2.01. The van der Waals surface area contributed by atoms with E-state index in [1.165, 1.54) is 0 Å². The van der Waals surface area contributed by atoms with Crippen molar-refractivity contribution in [2.75, 3.05) is 13.6 Å². The van der Waals surface area contributed by atoms with Crippen molar-refractivity contribution in [3.05, 3.63) is 57.7 Å². The van der Waals surface area contributed by atoms with Crippen molar-refractivity contribution in [3.63, 3.8) is 0 Å². The standard InChI is InChI=1S/C18H21BrN2OS/c1-4-21(3)17(23)11-15-10-16(19)18(20-13(15)2)22-12-14-8-6-5-7-9-14/h5-10H,4,11-12H2,1-3H3. The van der Waals surface area contributed by atoms with Crippen LogP contribution in [0.25, 0.3) is 0 Å². The maximum absolute atomic E-state index is 5.83. The minimum atomic E-state index is 0.502. The fourth-order valence-electron chi connectivity index (χ4n) is 2.08. The highest BCUT2D eigenvalue weighted by atomic mass is 79.9. The third kappa shape index (κ3) is 5.01. The van der Waals surface area contributed by atoms with Crippen LogP contribution in [0.15, 0.2) is 40.9 Å². The first kappa shape index (κ1) is 17.9. The van der Waals surface area contributed by atoms with E-state index >= 15 is 0 Å². The highest BCUT2D eigenvalue weighted by Gasteiger charge is 2.12. The number of nitrogens with zero attached hydrogens (tertiary/aromatic N) is 2. The number of hydrogen-bond acceptors (Lipinski definition) is 3. The second-order valence-corrected chi connectivity index (χ2v) is 6.70. The van der Waals surface area contributed by atoms with Gasteiger partial charge in [-0.1, -0.05) is 42.5 Å². The molecule has 0 fully saturated rings. The van der Waals surface area contributed by atoms with Gasteiger partial charge in [0.05, 0.1) is 9.46 Å². The number of aromatic nitrogens is 1. The summed E-state index contributed by atoms with van der Waals surface area (Å²) >= 11 is 9.01. The van der Waals surface area contributed by atoms with Crippen LogP contribution in [-0.4, -0.2) is 28.5 Å². The number of thiocarbonyl (C=S) groups is 1. The molecule has 0 saturated carbocycles. The normalized spacial score (nSPS) is 10.4. The molecule has 0 spiro atoms. The minimum Gasteiger partial charge on any atom is -0.472 e. The number of rotatable bonds is 6. The Balaban J connectivity index is 2.09. The van der Waals surface area contributed by atoms with Crippen molar-refractivity contribution in [2.45, 2.75) is 26.9 Å². The smallest absolute Gasteiger partial charge is 0.228 e. The van der Waals surface area contributed by atoms with Gasteiger partial charge >= 0.3 is 0 Å². The molecule has 0 aliphatic heterocycles. The van der Waals surface area contributed by atoms with Crippen molar-refractivity contribution in [1.82, 2.24) is 9.88 Å². The molecule has 23 heavy (non-hydrogen) atoms. The fourth-order valence-corrected chi connectivity index (χ4v) is 2.84. The van der Waals surface area contributed by atoms with Crippen molar-refractivity contribution < 1.29 is 4.74 Å². The number of ether oxygens (including phenoxy) is 1. The molecule has 0 radical (unpaired) electrons. The lowest BCUT2D eigenvalue weighted by atomic mass is 10.1. The SMILES string of the molecule is CCN(C)C(=S)Cc1cc(Br)c(OCc2ccccc2)nc1C. The summed E-state index contributed by atoms with van der Waals surface area (Å²) in [5.41, 5.74) is 3.19. The first-order valence-corrected chi connectivity index (χ1v) is 8.78. The predicted octanol–water partition coefficient (Wildman–Crippen LogP) is 4.55. The van der Waals surface area contributed by atoms with Gasteiger partial charge in [-0.05, 0) is 47.0 Å². The van der Waals surface area contributed by atoms with Crippen LogP contribution in [-0.2, 0) is 13.0 Å². The average Bonchev–Trinajstić information content (AvgIpc) is 2.56. The number of pyridine rings is 1. The van der Waals surface area contributed by atoms with Crippen LogP contribution >= 0.6 is 28.1 Å². The highest BCUT2D eigenvalue weighted by Crippen LogP contribution is 2.26. The van der Waals surface area contributed by atoms with E-state index in [2.05, 4.69) is 38.8 Å². The first-order chi connectivity index (χ1) is 11.0. The number of halogens is 1. The van der Waals surface area contributed by atoms with Crippen molar-refractivity contribution >= 4 is 33.1 Å². The van der Waals surface area contributed by atoms with Crippen LogP contribution in [0.2, 0.25) is 0 Å². The third-order valence-electron chi connectivity index (χ3n) is 3.70. The van der Waals surface area contributed by atoms with E-state index in [-0.39, 0.29) is 0 Å². The molecule has 0 amide bonds. The Morgan fingerprint density at radius 2 is 2.00 bits per heavy atom. The molecule has 0 aliphatic carbocycles. The Labute approximate surface area is 151 Å². The molecule has 2 aromatic rings. The maximum Gasteiger partial charge on any atom is 0.228 e. The Kier molecular flexibility index (Phi) is 6.54. The van der Waals surface area contributed by atoms with E-state index in [1.54, 1.807) is 0 Å². The van der Waals surface area contributed by atoms with Crippen LogP contribution in [0.3, 0.4) is 0 Å². The second-order valence-electron chi connectivity index (χ2n) is 5.38. The molecule has 0 atom stereocenters. The van der Waals surface area contributed by atoms with Gasteiger partial charge in [-0.3, -0.25) is 0 Å². The molecule has 5 heteroatoms. The van der Waals surface area contributed by atoms with Gasteiger partial charge in [0.25, 0.3) is 0 Å². The summed E-state index contributed by atoms with van der Waals surface area (Å²) in [6.07, 6.45) is 0.718. The van der Waals surface area contributed by atoms with Gasteiger partial charge in [-0.25, -0.2) is 4.98 Å². The quantitative estimate of drug-likeness (QED) is 0.673. The van der Waals surface area contributed by atoms with Gasteiger partial charge in [-0.15, -0.1) is 0 Å². The molecule has 1 aromatic carbocycles. The molecular formula is C18H21BrN2OS. The van der Waals surface area contributed by atoms with E-state index in [1.807, 2.05) is 44.3 Å². The van der Waals surface area contributed by atoms with Crippen LogP contribution in [0, 0.1) is 6.92 Å². The van der Waals surface area contributed by atoms with Crippen LogP contribution in [0.5, 0.6) is 5.88 Å². The number of aryl methyl sites for hydroxylation is 1. The van der Waals surface area contributed by atoms with Crippen LogP contribution < -0.4 is 4.74 Å².